The van der Waals surface area contributed by atoms with Gasteiger partial charge in [0.25, 0.3) is 0 Å². The van der Waals surface area contributed by atoms with Crippen molar-refractivity contribution in [2.75, 3.05) is 0 Å². The lowest BCUT2D eigenvalue weighted by Gasteiger charge is -1.97. The molecular weight excluding hydrogens is 342 g/mol. The van der Waals surface area contributed by atoms with Crippen molar-refractivity contribution in [2.45, 2.75) is 0 Å². The van der Waals surface area contributed by atoms with E-state index in [-0.39, 0.29) is 0 Å². The Morgan fingerprint density at radius 2 is 1.50 bits per heavy atom. The predicted octanol–water partition coefficient (Wildman–Crippen LogP) is 4.45. The third-order valence-electron chi connectivity index (χ3n) is 3.44. The molecule has 0 spiro atoms. The molecule has 0 unspecified atom stereocenters. The molecule has 0 amide bonds. The van der Waals surface area contributed by atoms with Crippen LogP contribution in [0.3, 0.4) is 0 Å². The molecule has 5 aromatic rings. The minimum absolute atomic E-state index is 0.721. The topological polar surface area (TPSA) is 47.5 Å². The highest BCUT2D eigenvalue weighted by molar-refractivity contribution is 7.13. The van der Waals surface area contributed by atoms with E-state index in [4.69, 9.17) is 11.6 Å². The second-order valence-electron chi connectivity index (χ2n) is 4.98. The van der Waals surface area contributed by atoms with Gasteiger partial charge in [-0.1, -0.05) is 11.6 Å². The van der Waals surface area contributed by atoms with E-state index in [1.165, 1.54) is 0 Å². The lowest BCUT2D eigenvalue weighted by molar-refractivity contribution is 1.19. The third-order valence-corrected chi connectivity index (χ3v) is 4.49. The molecule has 5 rings (SSSR count). The summed E-state index contributed by atoms with van der Waals surface area (Å²) in [5, 5.41) is 3.74. The number of thiazole rings is 1. The maximum absolute atomic E-state index is 5.72. The molecule has 0 aliphatic rings. The summed E-state index contributed by atoms with van der Waals surface area (Å²) in [6.45, 7) is 0. The zero-order valence-corrected chi connectivity index (χ0v) is 14.0. The quantitative estimate of drug-likeness (QED) is 0.447. The van der Waals surface area contributed by atoms with Crippen molar-refractivity contribution in [1.29, 1.82) is 0 Å². The van der Waals surface area contributed by atoms with Gasteiger partial charge < -0.3 is 8.80 Å². The van der Waals surface area contributed by atoms with Crippen molar-refractivity contribution in [3.05, 3.63) is 78.0 Å². The van der Waals surface area contributed by atoms with Gasteiger partial charge in [0.1, 0.15) is 16.3 Å². The Labute approximate surface area is 146 Å². The van der Waals surface area contributed by atoms with Crippen molar-refractivity contribution < 1.29 is 0 Å². The van der Waals surface area contributed by atoms with Gasteiger partial charge in [-0.25, -0.2) is 15.0 Å². The second-order valence-corrected chi connectivity index (χ2v) is 6.31. The predicted molar refractivity (Wildman–Crippen MR) is 96.5 cm³/mol. The van der Waals surface area contributed by atoms with E-state index in [1.807, 2.05) is 69.4 Å². The summed E-state index contributed by atoms with van der Waals surface area (Å²) in [4.78, 5) is 12.5. The van der Waals surface area contributed by atoms with E-state index in [9.17, 15) is 0 Å². The minimum atomic E-state index is 0.721. The van der Waals surface area contributed by atoms with Gasteiger partial charge in [-0.3, -0.25) is 0 Å². The van der Waals surface area contributed by atoms with Crippen LogP contribution in [-0.2, 0) is 0 Å². The van der Waals surface area contributed by atoms with Crippen LogP contribution in [0, 0.1) is 0 Å². The molecule has 5 aromatic heterocycles. The first-order valence-corrected chi connectivity index (χ1v) is 8.46. The van der Waals surface area contributed by atoms with Crippen molar-refractivity contribution in [1.82, 2.24) is 23.8 Å². The second kappa shape index (κ2) is 6.43. The summed E-state index contributed by atoms with van der Waals surface area (Å²) in [5.41, 5.74) is 2.96. The summed E-state index contributed by atoms with van der Waals surface area (Å²) in [7, 11) is 0. The number of fused-ring (bicyclic) bond motifs is 2. The Morgan fingerprint density at radius 1 is 0.792 bits per heavy atom. The third kappa shape index (κ3) is 3.02. The molecule has 24 heavy (non-hydrogen) atoms. The van der Waals surface area contributed by atoms with Crippen LogP contribution < -0.4 is 0 Å². The number of pyridine rings is 2. The number of rotatable bonds is 1. The summed E-state index contributed by atoms with van der Waals surface area (Å²) in [6.07, 6.45) is 13.0. The SMILES string of the molecule is Clc1ccn2ccnc2c1.c1csc(-c2ccn3ccnc3c2)n1. The van der Waals surface area contributed by atoms with Crippen molar-refractivity contribution >= 4 is 34.2 Å². The molecule has 0 saturated carbocycles. The molecule has 0 aromatic carbocycles. The fraction of sp³-hybridized carbons (Fsp3) is 0. The molecule has 0 N–H and O–H groups in total. The first kappa shape index (κ1) is 14.9. The summed E-state index contributed by atoms with van der Waals surface area (Å²) in [5.74, 6) is 0. The summed E-state index contributed by atoms with van der Waals surface area (Å²) in [6, 6.07) is 7.74. The Bertz CT molecular complexity index is 1080. The molecule has 7 heteroatoms. The van der Waals surface area contributed by atoms with Gasteiger partial charge in [0.2, 0.25) is 0 Å². The molecule has 5 heterocycles. The molecule has 0 aliphatic carbocycles. The number of halogens is 1. The number of hydrogen-bond donors (Lipinski definition) is 0. The Balaban J connectivity index is 0.000000129. The van der Waals surface area contributed by atoms with E-state index in [2.05, 4.69) is 15.0 Å². The van der Waals surface area contributed by atoms with Crippen molar-refractivity contribution in [3.63, 3.8) is 0 Å². The number of hydrogen-bond acceptors (Lipinski definition) is 4. The van der Waals surface area contributed by atoms with Gasteiger partial charge in [0.05, 0.1) is 0 Å². The Morgan fingerprint density at radius 3 is 2.21 bits per heavy atom. The molecule has 0 bridgehead atoms. The largest absolute Gasteiger partial charge is 0.307 e. The van der Waals surface area contributed by atoms with Crippen LogP contribution in [-0.4, -0.2) is 23.8 Å². The maximum atomic E-state index is 5.72. The fourth-order valence-electron chi connectivity index (χ4n) is 2.29. The van der Waals surface area contributed by atoms with Crippen LogP contribution in [0.1, 0.15) is 0 Å². The van der Waals surface area contributed by atoms with Crippen molar-refractivity contribution in [3.8, 4) is 10.6 Å². The molecule has 0 fully saturated rings. The van der Waals surface area contributed by atoms with Crippen LogP contribution >= 0.6 is 22.9 Å². The van der Waals surface area contributed by atoms with Crippen LogP contribution in [0.25, 0.3) is 21.9 Å². The first-order valence-electron chi connectivity index (χ1n) is 7.20. The summed E-state index contributed by atoms with van der Waals surface area (Å²) < 4.78 is 3.89. The number of imidazole rings is 2. The highest BCUT2D eigenvalue weighted by atomic mass is 35.5. The van der Waals surface area contributed by atoms with Gasteiger partial charge in [0.15, 0.2) is 0 Å². The van der Waals surface area contributed by atoms with E-state index in [1.54, 1.807) is 23.7 Å². The van der Waals surface area contributed by atoms with E-state index >= 15 is 0 Å². The van der Waals surface area contributed by atoms with E-state index in [0.29, 0.717) is 0 Å². The first-order chi connectivity index (χ1) is 11.8. The van der Waals surface area contributed by atoms with Crippen molar-refractivity contribution in [2.24, 2.45) is 0 Å². The fourth-order valence-corrected chi connectivity index (χ4v) is 3.08. The zero-order valence-electron chi connectivity index (χ0n) is 12.5. The Hall–Kier alpha value is -2.70. The normalized spacial score (nSPS) is 10.7. The Kier molecular flexibility index (Phi) is 3.98. The summed E-state index contributed by atoms with van der Waals surface area (Å²) >= 11 is 7.36. The van der Waals surface area contributed by atoms with Crippen LogP contribution in [0.4, 0.5) is 0 Å². The number of aromatic nitrogens is 5. The van der Waals surface area contributed by atoms with Gasteiger partial charge >= 0.3 is 0 Å². The smallest absolute Gasteiger partial charge is 0.138 e. The molecule has 118 valence electrons. The zero-order chi connectivity index (χ0) is 16.4. The standard InChI is InChI=1S/C10H7N3S.C7H5ClN2/c1-4-13-5-2-11-9(13)7-8(1)10-12-3-6-14-10;8-6-1-3-10-4-2-9-7(10)5-6/h1-7H;1-5H. The average molecular weight is 354 g/mol. The molecule has 5 nitrogen and oxygen atoms in total. The van der Waals surface area contributed by atoms with Gasteiger partial charge in [-0.15, -0.1) is 11.3 Å². The lowest BCUT2D eigenvalue weighted by Crippen LogP contribution is -1.83. The number of nitrogens with zero attached hydrogens (tertiary/aromatic N) is 5. The molecule has 0 aliphatic heterocycles. The maximum Gasteiger partial charge on any atom is 0.138 e. The lowest BCUT2D eigenvalue weighted by atomic mass is 10.3. The molecule has 0 atom stereocenters. The monoisotopic (exact) mass is 353 g/mol. The van der Waals surface area contributed by atoms with Crippen LogP contribution in [0.15, 0.2) is 73.0 Å². The van der Waals surface area contributed by atoms with E-state index in [0.717, 1.165) is 26.9 Å². The molecule has 0 saturated heterocycles. The highest BCUT2D eigenvalue weighted by Gasteiger charge is 2.01. The minimum Gasteiger partial charge on any atom is -0.307 e. The van der Waals surface area contributed by atoms with Crippen LogP contribution in [0.5, 0.6) is 0 Å². The van der Waals surface area contributed by atoms with E-state index < -0.39 is 0 Å². The van der Waals surface area contributed by atoms with Gasteiger partial charge in [-0.05, 0) is 24.3 Å². The molecule has 0 radical (unpaired) electrons. The average Bonchev–Trinajstić information content (AvgIpc) is 3.34. The molecular formula is C17H12ClN5S. The van der Waals surface area contributed by atoms with Gasteiger partial charge in [-0.2, -0.15) is 0 Å². The van der Waals surface area contributed by atoms with Crippen LogP contribution in [0.2, 0.25) is 5.02 Å². The van der Waals surface area contributed by atoms with Gasteiger partial charge in [0, 0.05) is 59.3 Å². The highest BCUT2D eigenvalue weighted by Crippen LogP contribution is 2.22.